The molecule has 1 amide bonds. The molecule has 0 bridgehead atoms. The van der Waals surface area contributed by atoms with Crippen LogP contribution >= 0.6 is 15.9 Å². The number of rotatable bonds is 5. The van der Waals surface area contributed by atoms with Gasteiger partial charge in [0.2, 0.25) is 0 Å². The van der Waals surface area contributed by atoms with Crippen LogP contribution in [0.25, 0.3) is 0 Å². The summed E-state index contributed by atoms with van der Waals surface area (Å²) in [5.41, 5.74) is 0.554. The number of hydrogen-bond donors (Lipinski definition) is 0. The van der Waals surface area contributed by atoms with Crippen molar-refractivity contribution in [3.8, 4) is 0 Å². The molecule has 1 saturated heterocycles. The molecule has 33 heavy (non-hydrogen) atoms. The van der Waals surface area contributed by atoms with Gasteiger partial charge in [-0.3, -0.25) is 14.6 Å². The Kier molecular flexibility index (Phi) is 6.86. The van der Waals surface area contributed by atoms with E-state index in [1.165, 1.54) is 0 Å². The number of alkyl halides is 3. The molecule has 0 radical (unpaired) electrons. The number of amides is 1. The summed E-state index contributed by atoms with van der Waals surface area (Å²) in [6.07, 6.45) is -4.38. The average molecular weight is 518 g/mol. The monoisotopic (exact) mass is 517 g/mol. The van der Waals surface area contributed by atoms with Gasteiger partial charge in [-0.1, -0.05) is 54.6 Å². The van der Waals surface area contributed by atoms with Crippen molar-refractivity contribution in [2.24, 2.45) is 0 Å². The summed E-state index contributed by atoms with van der Waals surface area (Å²) in [5, 5.41) is 0. The first-order chi connectivity index (χ1) is 15.8. The number of carbonyl (C=O) groups is 1. The van der Waals surface area contributed by atoms with Gasteiger partial charge in [-0.15, -0.1) is 0 Å². The Morgan fingerprint density at radius 2 is 1.55 bits per heavy atom. The molecule has 8 heteroatoms. The van der Waals surface area contributed by atoms with Crippen LogP contribution in [-0.4, -0.2) is 35.1 Å². The molecule has 0 atom stereocenters. The number of pyridine rings is 1. The summed E-state index contributed by atoms with van der Waals surface area (Å²) in [5.74, 6) is -1.88. The van der Waals surface area contributed by atoms with E-state index in [1.807, 2.05) is 30.3 Å². The van der Waals surface area contributed by atoms with Crippen molar-refractivity contribution in [2.75, 3.05) is 18.0 Å². The molecule has 0 saturated carbocycles. The molecule has 1 fully saturated rings. The lowest BCUT2D eigenvalue weighted by molar-refractivity contribution is -0.172. The number of anilines is 1. The smallest absolute Gasteiger partial charge is 0.299 e. The van der Waals surface area contributed by atoms with E-state index in [9.17, 15) is 18.0 Å². The minimum absolute atomic E-state index is 0.207. The fourth-order valence-electron chi connectivity index (χ4n) is 4.45. The van der Waals surface area contributed by atoms with Gasteiger partial charge in [-0.2, -0.15) is 13.2 Å². The van der Waals surface area contributed by atoms with E-state index < -0.39 is 17.6 Å². The quantitative estimate of drug-likeness (QED) is 0.393. The van der Waals surface area contributed by atoms with Crippen molar-refractivity contribution < 1.29 is 18.0 Å². The molecule has 0 aliphatic carbocycles. The van der Waals surface area contributed by atoms with Crippen LogP contribution in [0.15, 0.2) is 83.5 Å². The number of likely N-dealkylation sites (tertiary alicyclic amines) is 1. The van der Waals surface area contributed by atoms with E-state index in [-0.39, 0.29) is 5.69 Å². The standard InChI is InChI=1S/C25H23BrF3N3O/c26-22-13-7-12-21(30-22)24(14-16-31(17-15-24)18-19-8-3-1-4-9-19)32(23(33)25(27,28)29)20-10-5-2-6-11-20/h1-13H,14-18H2. The Morgan fingerprint density at radius 1 is 0.939 bits per heavy atom. The van der Waals surface area contributed by atoms with Gasteiger partial charge in [0.1, 0.15) is 4.60 Å². The maximum Gasteiger partial charge on any atom is 0.471 e. The highest BCUT2D eigenvalue weighted by molar-refractivity contribution is 9.10. The molecule has 1 aliphatic heterocycles. The molecule has 0 N–H and O–H groups in total. The largest absolute Gasteiger partial charge is 0.471 e. The highest BCUT2D eigenvalue weighted by Crippen LogP contribution is 2.43. The third kappa shape index (κ3) is 5.12. The van der Waals surface area contributed by atoms with Gasteiger partial charge >= 0.3 is 12.1 Å². The Morgan fingerprint density at radius 3 is 2.12 bits per heavy atom. The van der Waals surface area contributed by atoms with Crippen LogP contribution in [0.2, 0.25) is 0 Å². The van der Waals surface area contributed by atoms with E-state index in [0.717, 1.165) is 10.5 Å². The van der Waals surface area contributed by atoms with Gasteiger partial charge in [0, 0.05) is 25.3 Å². The average Bonchev–Trinajstić information content (AvgIpc) is 2.81. The number of benzene rings is 2. The fourth-order valence-corrected chi connectivity index (χ4v) is 4.79. The lowest BCUT2D eigenvalue weighted by Crippen LogP contribution is -2.59. The zero-order chi connectivity index (χ0) is 23.5. The van der Waals surface area contributed by atoms with Gasteiger partial charge < -0.3 is 0 Å². The molecule has 1 aromatic heterocycles. The third-order valence-corrected chi connectivity index (χ3v) is 6.45. The van der Waals surface area contributed by atoms with Crippen molar-refractivity contribution >= 4 is 27.5 Å². The maximum absolute atomic E-state index is 13.8. The summed E-state index contributed by atoms with van der Waals surface area (Å²) in [7, 11) is 0. The third-order valence-electron chi connectivity index (χ3n) is 6.01. The second-order valence-electron chi connectivity index (χ2n) is 8.11. The maximum atomic E-state index is 13.8. The molecule has 172 valence electrons. The van der Waals surface area contributed by atoms with Gasteiger partial charge in [0.15, 0.2) is 0 Å². The summed E-state index contributed by atoms with van der Waals surface area (Å²) < 4.78 is 42.0. The van der Waals surface area contributed by atoms with Crippen LogP contribution in [-0.2, 0) is 16.9 Å². The molecule has 0 unspecified atom stereocenters. The van der Waals surface area contributed by atoms with Gasteiger partial charge in [0.05, 0.1) is 11.2 Å². The summed E-state index contributed by atoms with van der Waals surface area (Å²) in [6.45, 7) is 1.75. The zero-order valence-corrected chi connectivity index (χ0v) is 19.4. The fraction of sp³-hybridized carbons (Fsp3) is 0.280. The Labute approximate surface area is 199 Å². The lowest BCUT2D eigenvalue weighted by Gasteiger charge is -2.48. The molecule has 0 spiro atoms. The van der Waals surface area contributed by atoms with Crippen molar-refractivity contribution in [3.63, 3.8) is 0 Å². The Balaban J connectivity index is 1.75. The predicted octanol–water partition coefficient (Wildman–Crippen LogP) is 5.93. The van der Waals surface area contributed by atoms with E-state index >= 15 is 0 Å². The highest BCUT2D eigenvalue weighted by Gasteiger charge is 2.53. The van der Waals surface area contributed by atoms with Crippen LogP contribution in [0.5, 0.6) is 0 Å². The zero-order valence-electron chi connectivity index (χ0n) is 17.8. The minimum Gasteiger partial charge on any atom is -0.299 e. The van der Waals surface area contributed by atoms with E-state index in [2.05, 4.69) is 25.8 Å². The second-order valence-corrected chi connectivity index (χ2v) is 8.93. The van der Waals surface area contributed by atoms with Crippen LogP contribution in [0, 0.1) is 0 Å². The number of piperidine rings is 1. The second kappa shape index (κ2) is 9.65. The highest BCUT2D eigenvalue weighted by atomic mass is 79.9. The van der Waals surface area contributed by atoms with Crippen LogP contribution < -0.4 is 4.90 Å². The van der Waals surface area contributed by atoms with Crippen molar-refractivity contribution in [3.05, 3.63) is 94.7 Å². The van der Waals surface area contributed by atoms with Crippen LogP contribution in [0.3, 0.4) is 0 Å². The van der Waals surface area contributed by atoms with Gasteiger partial charge in [-0.05, 0) is 58.6 Å². The van der Waals surface area contributed by atoms with E-state index in [1.54, 1.807) is 48.5 Å². The molecule has 2 aromatic carbocycles. The molecule has 3 aromatic rings. The lowest BCUT2D eigenvalue weighted by atomic mass is 9.81. The van der Waals surface area contributed by atoms with Crippen molar-refractivity contribution in [1.29, 1.82) is 0 Å². The molecule has 4 nitrogen and oxygen atoms in total. The molecule has 1 aliphatic rings. The number of aromatic nitrogens is 1. The number of halogens is 4. The number of para-hydroxylation sites is 1. The van der Waals surface area contributed by atoms with E-state index in [0.29, 0.717) is 42.8 Å². The first-order valence-electron chi connectivity index (χ1n) is 10.7. The van der Waals surface area contributed by atoms with Gasteiger partial charge in [-0.25, -0.2) is 4.98 Å². The SMILES string of the molecule is O=C(N(c1ccccc1)C1(c2cccc(Br)n2)CCN(Cc2ccccc2)CC1)C(F)(F)F. The number of hydrogen-bond acceptors (Lipinski definition) is 3. The van der Waals surface area contributed by atoms with Crippen molar-refractivity contribution in [1.82, 2.24) is 9.88 Å². The summed E-state index contributed by atoms with van der Waals surface area (Å²) >= 11 is 3.34. The first kappa shape index (κ1) is 23.4. The summed E-state index contributed by atoms with van der Waals surface area (Å²) in [6, 6.07) is 23.2. The Bertz CT molecular complexity index is 1080. The predicted molar refractivity (Wildman–Crippen MR) is 125 cm³/mol. The summed E-state index contributed by atoms with van der Waals surface area (Å²) in [4.78, 5) is 20.5. The minimum atomic E-state index is -5.02. The molecular formula is C25H23BrF3N3O. The van der Waals surface area contributed by atoms with E-state index in [4.69, 9.17) is 0 Å². The molecule has 4 rings (SSSR count). The topological polar surface area (TPSA) is 36.4 Å². The van der Waals surface area contributed by atoms with Gasteiger partial charge in [0.25, 0.3) is 0 Å². The van der Waals surface area contributed by atoms with Crippen molar-refractivity contribution in [2.45, 2.75) is 31.1 Å². The Hall–Kier alpha value is -2.71. The number of carbonyl (C=O) groups excluding carboxylic acids is 1. The molecular weight excluding hydrogens is 495 g/mol. The number of nitrogens with zero attached hydrogens (tertiary/aromatic N) is 3. The normalized spacial score (nSPS) is 16.4. The van der Waals surface area contributed by atoms with Crippen LogP contribution in [0.4, 0.5) is 18.9 Å². The first-order valence-corrected chi connectivity index (χ1v) is 11.4. The molecule has 2 heterocycles. The van der Waals surface area contributed by atoms with Crippen LogP contribution in [0.1, 0.15) is 24.1 Å².